The van der Waals surface area contributed by atoms with Crippen molar-refractivity contribution in [2.24, 2.45) is 28.3 Å². The first-order valence-electron chi connectivity index (χ1n) is 8.92. The molecule has 0 aromatic heterocycles. The fraction of sp³-hybridized carbons (Fsp3) is 0.842. The smallest absolute Gasteiger partial charge is 0.310 e. The molecule has 0 amide bonds. The Hall–Kier alpha value is -1.37. The summed E-state index contributed by atoms with van der Waals surface area (Å²) >= 11 is 0. The van der Waals surface area contributed by atoms with Crippen LogP contribution < -0.4 is 0 Å². The highest BCUT2D eigenvalue weighted by atomic mass is 16.5. The second-order valence-electron chi connectivity index (χ2n) is 7.70. The van der Waals surface area contributed by atoms with Crippen molar-refractivity contribution in [3.63, 3.8) is 0 Å². The van der Waals surface area contributed by atoms with E-state index in [1.807, 2.05) is 6.92 Å². The van der Waals surface area contributed by atoms with E-state index < -0.39 is 5.54 Å². The lowest BCUT2D eigenvalue weighted by atomic mass is 9.59. The number of hydrogen-bond acceptors (Lipinski definition) is 4. The number of ether oxygens (including phenoxy) is 1. The van der Waals surface area contributed by atoms with Crippen molar-refractivity contribution in [2.75, 3.05) is 6.61 Å². The minimum Gasteiger partial charge on any atom is -0.466 e. The van der Waals surface area contributed by atoms with E-state index in [0.717, 1.165) is 38.5 Å². The number of nitroso groups, excluding NO2 is 1. The van der Waals surface area contributed by atoms with E-state index in [-0.39, 0.29) is 29.1 Å². The lowest BCUT2D eigenvalue weighted by Gasteiger charge is -2.45. The molecule has 4 nitrogen and oxygen atoms in total. The lowest BCUT2D eigenvalue weighted by molar-refractivity contribution is -0.148. The molecule has 4 atom stereocenters. The fourth-order valence-corrected chi connectivity index (χ4v) is 4.31. The van der Waals surface area contributed by atoms with Gasteiger partial charge >= 0.3 is 5.97 Å². The summed E-state index contributed by atoms with van der Waals surface area (Å²) in [5, 5.41) is 3.54. The predicted molar refractivity (Wildman–Crippen MR) is 90.6 cm³/mol. The predicted octanol–water partition coefficient (Wildman–Crippen LogP) is 4.32. The first kappa shape index (κ1) is 18.0. The van der Waals surface area contributed by atoms with Gasteiger partial charge in [-0.2, -0.15) is 0 Å². The number of hydrogen-bond donors (Lipinski definition) is 0. The van der Waals surface area contributed by atoms with Gasteiger partial charge in [-0.3, -0.25) is 4.79 Å². The summed E-state index contributed by atoms with van der Waals surface area (Å²) in [7, 11) is 0. The lowest BCUT2D eigenvalue weighted by Crippen LogP contribution is -2.49. The Labute approximate surface area is 139 Å². The van der Waals surface area contributed by atoms with Gasteiger partial charge in [-0.1, -0.05) is 45.5 Å². The molecule has 2 rings (SSSR count). The maximum Gasteiger partial charge on any atom is 0.310 e. The summed E-state index contributed by atoms with van der Waals surface area (Å²) in [5.41, 5.74) is -1.06. The molecule has 128 valence electrons. The van der Waals surface area contributed by atoms with E-state index in [1.165, 1.54) is 0 Å². The highest BCUT2D eigenvalue weighted by Gasteiger charge is 2.52. The molecule has 0 aliphatic heterocycles. The van der Waals surface area contributed by atoms with Gasteiger partial charge in [-0.15, -0.1) is 4.91 Å². The molecule has 0 heterocycles. The van der Waals surface area contributed by atoms with Gasteiger partial charge < -0.3 is 4.74 Å². The zero-order valence-corrected chi connectivity index (χ0v) is 14.9. The van der Waals surface area contributed by atoms with Crippen LogP contribution >= 0.6 is 0 Å². The summed E-state index contributed by atoms with van der Waals surface area (Å²) in [6.45, 7) is 8.49. The number of carbonyl (C=O) groups excluding carboxylic acids is 1. The average Bonchev–Trinajstić information content (AvgIpc) is 2.96. The standard InChI is InChI=1S/C19H29NO3/c1-5-23-17(21)16-10-6-9-15(16)11-13-19(20-22)14(2)8-7-12-18(19,3)4/h14-16H,5-10,12H2,1-4H3. The molecular weight excluding hydrogens is 290 g/mol. The highest BCUT2D eigenvalue weighted by molar-refractivity contribution is 5.73. The Morgan fingerprint density at radius 3 is 2.61 bits per heavy atom. The van der Waals surface area contributed by atoms with Gasteiger partial charge in [0.05, 0.1) is 12.5 Å². The number of rotatable bonds is 3. The Kier molecular flexibility index (Phi) is 5.49. The zero-order chi connectivity index (χ0) is 17.1. The fourth-order valence-electron chi connectivity index (χ4n) is 4.31. The number of esters is 1. The Morgan fingerprint density at radius 2 is 2.00 bits per heavy atom. The van der Waals surface area contributed by atoms with Crippen LogP contribution in [0.5, 0.6) is 0 Å². The molecule has 23 heavy (non-hydrogen) atoms. The molecule has 0 N–H and O–H groups in total. The third-order valence-corrected chi connectivity index (χ3v) is 5.88. The Bertz CT molecular complexity index is 516. The molecule has 0 saturated heterocycles. The van der Waals surface area contributed by atoms with Crippen LogP contribution in [-0.4, -0.2) is 18.1 Å². The molecule has 2 saturated carbocycles. The Balaban J connectivity index is 2.26. The van der Waals surface area contributed by atoms with Crippen LogP contribution in [0.3, 0.4) is 0 Å². The summed E-state index contributed by atoms with van der Waals surface area (Å²) in [5.74, 6) is 6.39. The van der Waals surface area contributed by atoms with Gasteiger partial charge in [0, 0.05) is 11.3 Å². The molecular formula is C19H29NO3. The molecule has 4 heteroatoms. The first-order valence-corrected chi connectivity index (χ1v) is 8.92. The van der Waals surface area contributed by atoms with Crippen LogP contribution in [0.1, 0.15) is 66.2 Å². The summed E-state index contributed by atoms with van der Waals surface area (Å²) in [6, 6.07) is 0. The molecule has 4 unspecified atom stereocenters. The number of nitrogens with zero attached hydrogens (tertiary/aromatic N) is 1. The van der Waals surface area contributed by atoms with E-state index in [2.05, 4.69) is 37.8 Å². The van der Waals surface area contributed by atoms with Crippen LogP contribution in [0.4, 0.5) is 0 Å². The molecule has 0 radical (unpaired) electrons. The van der Waals surface area contributed by atoms with E-state index in [1.54, 1.807) is 0 Å². The summed E-state index contributed by atoms with van der Waals surface area (Å²) in [6.07, 6.45) is 5.78. The maximum atomic E-state index is 12.1. The van der Waals surface area contributed by atoms with E-state index >= 15 is 0 Å². The van der Waals surface area contributed by atoms with Crippen LogP contribution in [0.25, 0.3) is 0 Å². The van der Waals surface area contributed by atoms with Crippen LogP contribution in [0.15, 0.2) is 5.18 Å². The minimum absolute atomic E-state index is 0.00222. The zero-order valence-electron chi connectivity index (χ0n) is 14.9. The summed E-state index contributed by atoms with van der Waals surface area (Å²) in [4.78, 5) is 23.9. The van der Waals surface area contributed by atoms with Crippen molar-refractivity contribution >= 4 is 5.97 Å². The van der Waals surface area contributed by atoms with Crippen molar-refractivity contribution < 1.29 is 9.53 Å². The number of carbonyl (C=O) groups is 1. The molecule has 2 fully saturated rings. The van der Waals surface area contributed by atoms with Crippen LogP contribution in [-0.2, 0) is 9.53 Å². The van der Waals surface area contributed by atoms with Gasteiger partial charge in [0.15, 0.2) is 5.54 Å². The highest BCUT2D eigenvalue weighted by Crippen LogP contribution is 2.49. The van der Waals surface area contributed by atoms with Crippen molar-refractivity contribution in [1.29, 1.82) is 0 Å². The normalized spacial score (nSPS) is 35.9. The summed E-state index contributed by atoms with van der Waals surface area (Å²) < 4.78 is 5.17. The maximum absolute atomic E-state index is 12.1. The van der Waals surface area contributed by atoms with Crippen molar-refractivity contribution in [1.82, 2.24) is 0 Å². The third kappa shape index (κ3) is 3.29. The van der Waals surface area contributed by atoms with Gasteiger partial charge in [-0.25, -0.2) is 0 Å². The van der Waals surface area contributed by atoms with E-state index in [0.29, 0.717) is 6.61 Å². The molecule has 0 aromatic rings. The van der Waals surface area contributed by atoms with E-state index in [4.69, 9.17) is 4.74 Å². The molecule has 0 aromatic carbocycles. The van der Waals surface area contributed by atoms with Crippen LogP contribution in [0, 0.1) is 39.9 Å². The second-order valence-corrected chi connectivity index (χ2v) is 7.70. The average molecular weight is 319 g/mol. The largest absolute Gasteiger partial charge is 0.466 e. The SMILES string of the molecule is CCOC(=O)C1CCCC1C#CC1(N=O)C(C)CCCC1(C)C. The topological polar surface area (TPSA) is 55.7 Å². The third-order valence-electron chi connectivity index (χ3n) is 5.88. The first-order chi connectivity index (χ1) is 10.9. The van der Waals surface area contributed by atoms with Gasteiger partial charge in [-0.05, 0) is 43.7 Å². The van der Waals surface area contributed by atoms with Gasteiger partial charge in [0.2, 0.25) is 0 Å². The quantitative estimate of drug-likeness (QED) is 0.442. The Morgan fingerprint density at radius 1 is 1.26 bits per heavy atom. The monoisotopic (exact) mass is 319 g/mol. The molecule has 0 bridgehead atoms. The van der Waals surface area contributed by atoms with E-state index in [9.17, 15) is 9.70 Å². The van der Waals surface area contributed by atoms with Crippen molar-refractivity contribution in [3.8, 4) is 11.8 Å². The molecule has 2 aliphatic rings. The second kappa shape index (κ2) is 7.03. The van der Waals surface area contributed by atoms with Gasteiger partial charge in [0.25, 0.3) is 0 Å². The van der Waals surface area contributed by atoms with Crippen LogP contribution in [0.2, 0.25) is 0 Å². The van der Waals surface area contributed by atoms with Crippen molar-refractivity contribution in [2.45, 2.75) is 71.8 Å². The molecule has 0 spiro atoms. The van der Waals surface area contributed by atoms with Gasteiger partial charge in [0.1, 0.15) is 0 Å². The van der Waals surface area contributed by atoms with Crippen molar-refractivity contribution in [3.05, 3.63) is 4.91 Å². The molecule has 2 aliphatic carbocycles. The minimum atomic E-state index is -0.840.